The van der Waals surface area contributed by atoms with Gasteiger partial charge >= 0.3 is 0 Å². The number of aromatic nitrogens is 4. The zero-order chi connectivity index (χ0) is 12.0. The van der Waals surface area contributed by atoms with E-state index in [2.05, 4.69) is 15.3 Å². The summed E-state index contributed by atoms with van der Waals surface area (Å²) < 4.78 is 1.71. The first-order valence-electron chi connectivity index (χ1n) is 4.89. The average molecular weight is 266 g/mol. The zero-order valence-corrected chi connectivity index (χ0v) is 10.5. The van der Waals surface area contributed by atoms with Crippen LogP contribution in [0, 0.1) is 6.92 Å². The van der Waals surface area contributed by atoms with Gasteiger partial charge in [-0.1, -0.05) is 22.9 Å². The number of nitrogen functional groups attached to an aromatic ring is 1. The van der Waals surface area contributed by atoms with Crippen molar-refractivity contribution < 1.29 is 0 Å². The molecule has 0 aliphatic heterocycles. The molecule has 0 amide bonds. The van der Waals surface area contributed by atoms with E-state index < -0.39 is 0 Å². The van der Waals surface area contributed by atoms with Gasteiger partial charge in [-0.3, -0.25) is 0 Å². The van der Waals surface area contributed by atoms with Crippen LogP contribution < -0.4 is 5.73 Å². The molecule has 17 heavy (non-hydrogen) atoms. The second kappa shape index (κ2) is 3.68. The Morgan fingerprint density at radius 2 is 2.18 bits per heavy atom. The Bertz CT molecular complexity index is 702. The highest BCUT2D eigenvalue weighted by molar-refractivity contribution is 7.16. The van der Waals surface area contributed by atoms with Crippen molar-refractivity contribution in [3.63, 3.8) is 0 Å². The minimum absolute atomic E-state index is 0.521. The molecule has 0 saturated heterocycles. The monoisotopic (exact) mass is 265 g/mol. The van der Waals surface area contributed by atoms with Crippen LogP contribution in [0.3, 0.4) is 0 Å². The minimum atomic E-state index is 0.521. The molecule has 1 aromatic carbocycles. The van der Waals surface area contributed by atoms with Gasteiger partial charge in [0.15, 0.2) is 5.82 Å². The Hall–Kier alpha value is -1.66. The molecule has 0 bridgehead atoms. The number of halogens is 1. The highest BCUT2D eigenvalue weighted by atomic mass is 35.5. The molecule has 3 rings (SSSR count). The lowest BCUT2D eigenvalue weighted by Crippen LogP contribution is -1.93. The first-order chi connectivity index (χ1) is 8.15. The van der Waals surface area contributed by atoms with E-state index in [1.165, 1.54) is 11.3 Å². The third-order valence-electron chi connectivity index (χ3n) is 2.35. The molecule has 0 saturated carbocycles. The van der Waals surface area contributed by atoms with Crippen molar-refractivity contribution in [3.05, 3.63) is 28.2 Å². The normalized spacial score (nSPS) is 11.2. The summed E-state index contributed by atoms with van der Waals surface area (Å²) in [5.74, 6) is 0.674. The molecular weight excluding hydrogens is 258 g/mol. The summed E-state index contributed by atoms with van der Waals surface area (Å²) in [4.78, 5) is 0.769. The Morgan fingerprint density at radius 1 is 1.35 bits per heavy atom. The molecule has 86 valence electrons. The maximum absolute atomic E-state index is 5.88. The number of anilines is 1. The van der Waals surface area contributed by atoms with Crippen LogP contribution in [0.1, 0.15) is 5.01 Å². The molecule has 0 unspecified atom stereocenters. The van der Waals surface area contributed by atoms with Crippen molar-refractivity contribution >= 4 is 33.6 Å². The summed E-state index contributed by atoms with van der Waals surface area (Å²) >= 11 is 7.38. The molecule has 0 spiro atoms. The summed E-state index contributed by atoms with van der Waals surface area (Å²) in [6.07, 6.45) is 0. The van der Waals surface area contributed by atoms with Gasteiger partial charge in [0.25, 0.3) is 0 Å². The number of fused-ring (bicyclic) bond motifs is 1. The van der Waals surface area contributed by atoms with Gasteiger partial charge in [-0.05, 0) is 25.1 Å². The lowest BCUT2D eigenvalue weighted by Gasteiger charge is -2.00. The Morgan fingerprint density at radius 3 is 2.94 bits per heavy atom. The first-order valence-corrected chi connectivity index (χ1v) is 6.09. The molecule has 0 radical (unpaired) electrons. The largest absolute Gasteiger partial charge is 0.398 e. The molecule has 0 aliphatic carbocycles. The number of nitrogens with zero attached hydrogens (tertiary/aromatic N) is 4. The van der Waals surface area contributed by atoms with E-state index in [1.54, 1.807) is 16.6 Å². The van der Waals surface area contributed by atoms with Crippen molar-refractivity contribution in [2.24, 2.45) is 0 Å². The van der Waals surface area contributed by atoms with Gasteiger partial charge in [0.05, 0.1) is 10.7 Å². The quantitative estimate of drug-likeness (QED) is 0.686. The number of nitrogens with two attached hydrogens (primary N) is 1. The molecule has 2 heterocycles. The maximum atomic E-state index is 5.88. The molecule has 0 atom stereocenters. The number of aryl methyl sites for hydroxylation is 1. The lowest BCUT2D eigenvalue weighted by atomic mass is 10.2. The summed E-state index contributed by atoms with van der Waals surface area (Å²) in [5.41, 5.74) is 7.14. The first kappa shape index (κ1) is 10.5. The average Bonchev–Trinajstić information content (AvgIpc) is 2.81. The Labute approximate surface area is 106 Å². The van der Waals surface area contributed by atoms with E-state index in [1.807, 2.05) is 13.0 Å². The fraction of sp³-hybridized carbons (Fsp3) is 0.100. The van der Waals surface area contributed by atoms with Crippen molar-refractivity contribution in [1.82, 2.24) is 19.8 Å². The molecule has 0 fully saturated rings. The van der Waals surface area contributed by atoms with E-state index in [0.29, 0.717) is 16.5 Å². The van der Waals surface area contributed by atoms with Crippen LogP contribution in [0.4, 0.5) is 5.69 Å². The van der Waals surface area contributed by atoms with Gasteiger partial charge < -0.3 is 5.73 Å². The predicted octanol–water partition coefficient (Wildman–Crippen LogP) is 2.40. The van der Waals surface area contributed by atoms with Crippen LogP contribution in [-0.4, -0.2) is 19.8 Å². The Kier molecular flexibility index (Phi) is 2.27. The van der Waals surface area contributed by atoms with Gasteiger partial charge in [0.1, 0.15) is 5.01 Å². The maximum Gasteiger partial charge on any atom is 0.234 e. The molecular formula is C10H8ClN5S. The highest BCUT2D eigenvalue weighted by Gasteiger charge is 2.12. The zero-order valence-electron chi connectivity index (χ0n) is 8.88. The molecule has 2 aromatic heterocycles. The van der Waals surface area contributed by atoms with E-state index in [0.717, 1.165) is 15.5 Å². The van der Waals surface area contributed by atoms with Crippen LogP contribution in [0.2, 0.25) is 5.02 Å². The van der Waals surface area contributed by atoms with E-state index in [4.69, 9.17) is 17.3 Å². The number of rotatable bonds is 1. The van der Waals surface area contributed by atoms with Gasteiger partial charge in [-0.15, -0.1) is 10.2 Å². The lowest BCUT2D eigenvalue weighted by molar-refractivity contribution is 0.941. The second-order valence-corrected chi connectivity index (χ2v) is 5.14. The molecule has 7 heteroatoms. The molecule has 2 N–H and O–H groups in total. The summed E-state index contributed by atoms with van der Waals surface area (Å²) in [7, 11) is 0. The summed E-state index contributed by atoms with van der Waals surface area (Å²) in [6, 6.07) is 5.36. The third-order valence-corrected chi connectivity index (χ3v) is 3.50. The van der Waals surface area contributed by atoms with Crippen LogP contribution in [-0.2, 0) is 0 Å². The molecule has 5 nitrogen and oxygen atoms in total. The third kappa shape index (κ3) is 1.65. The van der Waals surface area contributed by atoms with Crippen LogP contribution in [0.5, 0.6) is 0 Å². The predicted molar refractivity (Wildman–Crippen MR) is 68.3 cm³/mol. The van der Waals surface area contributed by atoms with Gasteiger partial charge in [0.2, 0.25) is 4.96 Å². The van der Waals surface area contributed by atoms with Gasteiger partial charge in [-0.25, -0.2) is 0 Å². The summed E-state index contributed by atoms with van der Waals surface area (Å²) in [6.45, 7) is 1.93. The molecule has 3 aromatic rings. The molecule has 0 aliphatic rings. The van der Waals surface area contributed by atoms with Crippen molar-refractivity contribution in [2.45, 2.75) is 6.92 Å². The van der Waals surface area contributed by atoms with Crippen molar-refractivity contribution in [1.29, 1.82) is 0 Å². The van der Waals surface area contributed by atoms with E-state index in [9.17, 15) is 0 Å². The Balaban J connectivity index is 2.22. The fourth-order valence-corrected chi connectivity index (χ4v) is 2.38. The fourth-order valence-electron chi connectivity index (χ4n) is 1.58. The van der Waals surface area contributed by atoms with Gasteiger partial charge in [0, 0.05) is 5.56 Å². The van der Waals surface area contributed by atoms with E-state index in [-0.39, 0.29) is 0 Å². The van der Waals surface area contributed by atoms with Crippen LogP contribution in [0.25, 0.3) is 16.3 Å². The van der Waals surface area contributed by atoms with Gasteiger partial charge in [-0.2, -0.15) is 9.61 Å². The van der Waals surface area contributed by atoms with Crippen molar-refractivity contribution in [2.75, 3.05) is 5.73 Å². The highest BCUT2D eigenvalue weighted by Crippen LogP contribution is 2.26. The SMILES string of the molecule is Cc1nn2c(-c3ccc(Cl)c(N)c3)nnc2s1. The summed E-state index contributed by atoms with van der Waals surface area (Å²) in [5, 5.41) is 14.0. The number of hydrogen-bond acceptors (Lipinski definition) is 5. The minimum Gasteiger partial charge on any atom is -0.398 e. The number of benzene rings is 1. The number of hydrogen-bond donors (Lipinski definition) is 1. The van der Waals surface area contributed by atoms with E-state index >= 15 is 0 Å². The standard InChI is InChI=1S/C10H8ClN5S/c1-5-15-16-9(13-14-10(16)17-5)6-2-3-7(11)8(12)4-6/h2-4H,12H2,1H3. The van der Waals surface area contributed by atoms with Crippen LogP contribution in [0.15, 0.2) is 18.2 Å². The van der Waals surface area contributed by atoms with Crippen LogP contribution >= 0.6 is 22.9 Å². The topological polar surface area (TPSA) is 69.1 Å². The second-order valence-electron chi connectivity index (χ2n) is 3.58. The smallest absolute Gasteiger partial charge is 0.234 e. The van der Waals surface area contributed by atoms with Crippen molar-refractivity contribution in [3.8, 4) is 11.4 Å².